The van der Waals surface area contributed by atoms with Crippen LogP contribution in [0.15, 0.2) is 35.0 Å². The first-order valence-corrected chi connectivity index (χ1v) is 6.32. The van der Waals surface area contributed by atoms with Crippen molar-refractivity contribution in [3.63, 3.8) is 0 Å². The van der Waals surface area contributed by atoms with Gasteiger partial charge in [-0.3, -0.25) is 0 Å². The Bertz CT molecular complexity index is 702. The molecule has 0 spiro atoms. The topological polar surface area (TPSA) is 43.9 Å². The number of aryl methyl sites for hydroxylation is 1. The number of hydrogen-bond acceptors (Lipinski definition) is 3. The van der Waals surface area contributed by atoms with Crippen molar-refractivity contribution in [3.05, 3.63) is 48.0 Å². The molecule has 0 radical (unpaired) electrons. The normalized spacial score (nSPS) is 11.3. The summed E-state index contributed by atoms with van der Waals surface area (Å²) in [5.41, 5.74) is 0.829. The van der Waals surface area contributed by atoms with Gasteiger partial charge in [0.1, 0.15) is 12.4 Å². The lowest BCUT2D eigenvalue weighted by molar-refractivity contribution is 0.367. The second-order valence-electron chi connectivity index (χ2n) is 4.50. The van der Waals surface area contributed by atoms with Gasteiger partial charge in [-0.05, 0) is 36.1 Å². The average Bonchev–Trinajstić information content (AvgIpc) is 2.98. The quantitative estimate of drug-likeness (QED) is 0.722. The second-order valence-corrected chi connectivity index (χ2v) is 4.50. The molecule has 0 fully saturated rings. The van der Waals surface area contributed by atoms with Crippen molar-refractivity contribution in [2.45, 2.75) is 26.3 Å². The van der Waals surface area contributed by atoms with Crippen molar-refractivity contribution in [3.8, 4) is 0 Å². The number of hydrogen-bond donors (Lipinski definition) is 0. The zero-order chi connectivity index (χ0) is 13.2. The summed E-state index contributed by atoms with van der Waals surface area (Å²) in [5, 5.41) is 4.91. The lowest BCUT2D eigenvalue weighted by atomic mass is 10.2. The fourth-order valence-corrected chi connectivity index (χ4v) is 2.12. The molecule has 1 aromatic carbocycles. The molecule has 19 heavy (non-hydrogen) atoms. The fraction of sp³-hybridized carbons (Fsp3) is 0.286. The third-order valence-corrected chi connectivity index (χ3v) is 3.03. The molecule has 5 heteroatoms. The highest BCUT2D eigenvalue weighted by Gasteiger charge is 2.08. The number of rotatable bonds is 4. The van der Waals surface area contributed by atoms with Gasteiger partial charge in [-0.1, -0.05) is 12.1 Å². The molecule has 3 aromatic rings. The van der Waals surface area contributed by atoms with Gasteiger partial charge < -0.3 is 9.09 Å². The number of fused-ring (bicyclic) bond motifs is 1. The molecule has 3 rings (SSSR count). The van der Waals surface area contributed by atoms with Crippen molar-refractivity contribution < 1.29 is 8.91 Å². The Morgan fingerprint density at radius 2 is 2.21 bits per heavy atom. The molecule has 0 atom stereocenters. The number of aromatic nitrogens is 3. The largest absolute Gasteiger partial charge is 0.338 e. The molecule has 0 saturated heterocycles. The Kier molecular flexibility index (Phi) is 3.03. The molecule has 0 N–H and O–H groups in total. The summed E-state index contributed by atoms with van der Waals surface area (Å²) in [6.45, 7) is 2.53. The van der Waals surface area contributed by atoms with Gasteiger partial charge >= 0.3 is 0 Å². The molecule has 0 aliphatic heterocycles. The maximum atomic E-state index is 13.3. The third-order valence-electron chi connectivity index (χ3n) is 3.03. The number of nitrogens with zero attached hydrogens (tertiary/aromatic N) is 3. The van der Waals surface area contributed by atoms with Crippen LogP contribution in [0.5, 0.6) is 0 Å². The summed E-state index contributed by atoms with van der Waals surface area (Å²) >= 11 is 0. The number of halogens is 1. The van der Waals surface area contributed by atoms with Crippen molar-refractivity contribution >= 4 is 10.9 Å². The van der Waals surface area contributed by atoms with E-state index in [-0.39, 0.29) is 5.82 Å². The maximum absolute atomic E-state index is 13.3. The summed E-state index contributed by atoms with van der Waals surface area (Å²) in [6, 6.07) is 6.67. The van der Waals surface area contributed by atoms with Crippen LogP contribution in [0.3, 0.4) is 0 Å². The van der Waals surface area contributed by atoms with Gasteiger partial charge in [0, 0.05) is 12.6 Å². The zero-order valence-electron chi connectivity index (χ0n) is 10.6. The van der Waals surface area contributed by atoms with Crippen LogP contribution in [0.25, 0.3) is 10.9 Å². The summed E-state index contributed by atoms with van der Waals surface area (Å²) in [7, 11) is 0. The highest BCUT2D eigenvalue weighted by Crippen LogP contribution is 2.18. The summed E-state index contributed by atoms with van der Waals surface area (Å²) in [6.07, 6.45) is 3.69. The molecule has 0 amide bonds. The van der Waals surface area contributed by atoms with E-state index in [0.29, 0.717) is 12.4 Å². The lowest BCUT2D eigenvalue weighted by Gasteiger charge is -2.01. The maximum Gasteiger partial charge on any atom is 0.246 e. The molecule has 4 nitrogen and oxygen atoms in total. The first-order valence-electron chi connectivity index (χ1n) is 6.32. The molecule has 0 aliphatic carbocycles. The highest BCUT2D eigenvalue weighted by atomic mass is 19.1. The standard InChI is InChI=1S/C14H14FN3O/c1-2-3-13-16-14(19-17-13)9-18-7-6-10-4-5-11(15)8-12(10)18/h4-8H,2-3,9H2,1H3. The lowest BCUT2D eigenvalue weighted by Crippen LogP contribution is -1.98. The molecular formula is C14H14FN3O. The second kappa shape index (κ2) is 4.84. The Hall–Kier alpha value is -2.17. The van der Waals surface area contributed by atoms with Crippen LogP contribution in [0.4, 0.5) is 4.39 Å². The molecular weight excluding hydrogens is 245 g/mol. The predicted molar refractivity (Wildman–Crippen MR) is 69.3 cm³/mol. The Morgan fingerprint density at radius 3 is 3.05 bits per heavy atom. The minimum Gasteiger partial charge on any atom is -0.338 e. The monoisotopic (exact) mass is 259 g/mol. The molecule has 2 aromatic heterocycles. The first-order chi connectivity index (χ1) is 9.26. The molecule has 98 valence electrons. The van der Waals surface area contributed by atoms with Gasteiger partial charge in [-0.15, -0.1) is 0 Å². The highest BCUT2D eigenvalue weighted by molar-refractivity contribution is 5.80. The van der Waals surface area contributed by atoms with E-state index >= 15 is 0 Å². The molecule has 0 saturated carbocycles. The van der Waals surface area contributed by atoms with Crippen molar-refractivity contribution in [1.29, 1.82) is 0 Å². The Morgan fingerprint density at radius 1 is 1.32 bits per heavy atom. The van der Waals surface area contributed by atoms with Crippen molar-refractivity contribution in [1.82, 2.24) is 14.7 Å². The van der Waals surface area contributed by atoms with E-state index in [0.717, 1.165) is 29.6 Å². The van der Waals surface area contributed by atoms with E-state index in [4.69, 9.17) is 4.52 Å². The first kappa shape index (κ1) is 11.9. The van der Waals surface area contributed by atoms with Crippen molar-refractivity contribution in [2.75, 3.05) is 0 Å². The average molecular weight is 259 g/mol. The molecule has 0 unspecified atom stereocenters. The van der Waals surface area contributed by atoms with Gasteiger partial charge in [0.2, 0.25) is 5.89 Å². The van der Waals surface area contributed by atoms with E-state index in [1.165, 1.54) is 12.1 Å². The van der Waals surface area contributed by atoms with Crippen LogP contribution in [0, 0.1) is 5.82 Å². The van der Waals surface area contributed by atoms with E-state index in [2.05, 4.69) is 17.1 Å². The summed E-state index contributed by atoms with van der Waals surface area (Å²) < 4.78 is 20.4. The van der Waals surface area contributed by atoms with Crippen LogP contribution < -0.4 is 0 Å². The van der Waals surface area contributed by atoms with Crippen LogP contribution >= 0.6 is 0 Å². The molecule has 0 bridgehead atoms. The minimum absolute atomic E-state index is 0.246. The number of benzene rings is 1. The van der Waals surface area contributed by atoms with E-state index in [9.17, 15) is 4.39 Å². The SMILES string of the molecule is CCCc1noc(Cn2ccc3ccc(F)cc32)n1. The van der Waals surface area contributed by atoms with Crippen LogP contribution in [-0.2, 0) is 13.0 Å². The minimum atomic E-state index is -0.246. The zero-order valence-corrected chi connectivity index (χ0v) is 10.6. The third kappa shape index (κ3) is 2.36. The summed E-state index contributed by atoms with van der Waals surface area (Å²) in [5.74, 6) is 1.02. The Balaban J connectivity index is 1.89. The van der Waals surface area contributed by atoms with Gasteiger partial charge in [-0.25, -0.2) is 4.39 Å². The van der Waals surface area contributed by atoms with Crippen LogP contribution in [-0.4, -0.2) is 14.7 Å². The van der Waals surface area contributed by atoms with Crippen LogP contribution in [0.1, 0.15) is 25.1 Å². The van der Waals surface area contributed by atoms with Crippen molar-refractivity contribution in [2.24, 2.45) is 0 Å². The fourth-order valence-electron chi connectivity index (χ4n) is 2.12. The van der Waals surface area contributed by atoms with Gasteiger partial charge in [0.25, 0.3) is 0 Å². The smallest absolute Gasteiger partial charge is 0.246 e. The Labute approximate surface area is 109 Å². The molecule has 2 heterocycles. The molecule has 0 aliphatic rings. The summed E-state index contributed by atoms with van der Waals surface area (Å²) in [4.78, 5) is 4.31. The van der Waals surface area contributed by atoms with Gasteiger partial charge in [0.05, 0.1) is 5.52 Å². The van der Waals surface area contributed by atoms with Gasteiger partial charge in [0.15, 0.2) is 5.82 Å². The van der Waals surface area contributed by atoms with E-state index in [1.54, 1.807) is 6.07 Å². The van der Waals surface area contributed by atoms with E-state index < -0.39 is 0 Å². The van der Waals surface area contributed by atoms with E-state index in [1.807, 2.05) is 16.8 Å². The predicted octanol–water partition coefficient (Wildman–Crippen LogP) is 3.16. The van der Waals surface area contributed by atoms with Gasteiger partial charge in [-0.2, -0.15) is 4.98 Å². The van der Waals surface area contributed by atoms with Crippen LogP contribution in [0.2, 0.25) is 0 Å².